The monoisotopic (exact) mass is 319 g/mol. The summed E-state index contributed by atoms with van der Waals surface area (Å²) >= 11 is 0. The lowest BCUT2D eigenvalue weighted by Gasteiger charge is -2.23. The predicted molar refractivity (Wildman–Crippen MR) is 93.2 cm³/mol. The summed E-state index contributed by atoms with van der Waals surface area (Å²) in [5.74, 6) is 0.624. The first-order valence-corrected chi connectivity index (χ1v) is 8.17. The van der Waals surface area contributed by atoms with Crippen LogP contribution in [0.25, 0.3) is 0 Å². The van der Waals surface area contributed by atoms with Crippen molar-refractivity contribution >= 4 is 11.9 Å². The largest absolute Gasteiger partial charge is 0.341 e. The average Bonchev–Trinajstić information content (AvgIpc) is 2.48. The lowest BCUT2D eigenvalue weighted by molar-refractivity contribution is -0.119. The summed E-state index contributed by atoms with van der Waals surface area (Å²) in [6.07, 6.45) is 1.06. The molecule has 0 aliphatic rings. The molecule has 0 unspecified atom stereocenters. The van der Waals surface area contributed by atoms with Gasteiger partial charge in [-0.15, -0.1) is 0 Å². The quantitative estimate of drug-likeness (QED) is 0.723. The third kappa shape index (κ3) is 6.82. The van der Waals surface area contributed by atoms with Crippen molar-refractivity contribution in [1.82, 2.24) is 16.0 Å². The van der Waals surface area contributed by atoms with Gasteiger partial charge in [0.15, 0.2) is 0 Å². The molecule has 0 saturated carbocycles. The molecule has 0 fully saturated rings. The van der Waals surface area contributed by atoms with Gasteiger partial charge in [-0.3, -0.25) is 10.1 Å². The van der Waals surface area contributed by atoms with Crippen LogP contribution in [0.4, 0.5) is 4.79 Å². The van der Waals surface area contributed by atoms with E-state index in [1.165, 1.54) is 12.6 Å². The fourth-order valence-corrected chi connectivity index (χ4v) is 2.51. The molecule has 1 aromatic carbocycles. The van der Waals surface area contributed by atoms with Gasteiger partial charge in [0, 0.05) is 13.1 Å². The van der Waals surface area contributed by atoms with Crippen molar-refractivity contribution < 1.29 is 9.59 Å². The molecule has 3 amide bonds. The van der Waals surface area contributed by atoms with Crippen LogP contribution in [0.2, 0.25) is 0 Å². The molecule has 1 aromatic rings. The fraction of sp³-hybridized carbons (Fsp3) is 0.556. The Kier molecular flexibility index (Phi) is 7.75. The molecule has 5 heteroatoms. The van der Waals surface area contributed by atoms with Crippen LogP contribution in [0.1, 0.15) is 44.9 Å². The molecule has 0 radical (unpaired) electrons. The van der Waals surface area contributed by atoms with Crippen molar-refractivity contribution in [2.75, 3.05) is 13.6 Å². The Morgan fingerprint density at radius 2 is 1.65 bits per heavy atom. The highest BCUT2D eigenvalue weighted by Gasteiger charge is 2.17. The molecule has 3 N–H and O–H groups in total. The lowest BCUT2D eigenvalue weighted by Crippen LogP contribution is -2.43. The van der Waals surface area contributed by atoms with E-state index in [-0.39, 0.29) is 18.5 Å². The van der Waals surface area contributed by atoms with Gasteiger partial charge in [-0.25, -0.2) is 4.79 Å². The molecule has 0 aliphatic heterocycles. The first-order valence-electron chi connectivity index (χ1n) is 8.17. The molecular weight excluding hydrogens is 290 g/mol. The molecule has 0 aliphatic carbocycles. The zero-order valence-corrected chi connectivity index (χ0v) is 14.8. The van der Waals surface area contributed by atoms with Crippen LogP contribution in [0, 0.1) is 11.8 Å². The van der Waals surface area contributed by atoms with Crippen LogP contribution in [-0.4, -0.2) is 25.5 Å². The number of carbonyl (C=O) groups is 2. The van der Waals surface area contributed by atoms with Crippen LogP contribution in [-0.2, 0) is 11.2 Å². The van der Waals surface area contributed by atoms with E-state index in [9.17, 15) is 9.59 Å². The van der Waals surface area contributed by atoms with Gasteiger partial charge in [0.25, 0.3) is 0 Å². The highest BCUT2D eigenvalue weighted by molar-refractivity contribution is 5.95. The van der Waals surface area contributed by atoms with E-state index < -0.39 is 6.03 Å². The van der Waals surface area contributed by atoms with Crippen LogP contribution >= 0.6 is 0 Å². The van der Waals surface area contributed by atoms with Gasteiger partial charge in [0.1, 0.15) is 0 Å². The molecule has 128 valence electrons. The second-order valence-corrected chi connectivity index (χ2v) is 6.57. The Morgan fingerprint density at radius 3 is 2.13 bits per heavy atom. The van der Waals surface area contributed by atoms with Gasteiger partial charge < -0.3 is 10.6 Å². The van der Waals surface area contributed by atoms with Crippen molar-refractivity contribution in [3.8, 4) is 0 Å². The third-order valence-electron chi connectivity index (χ3n) is 3.61. The molecule has 0 spiro atoms. The highest BCUT2D eigenvalue weighted by Crippen LogP contribution is 2.22. The molecule has 1 atom stereocenters. The summed E-state index contributed by atoms with van der Waals surface area (Å²) < 4.78 is 0. The number of urea groups is 1. The molecule has 23 heavy (non-hydrogen) atoms. The van der Waals surface area contributed by atoms with Crippen LogP contribution < -0.4 is 16.0 Å². The van der Waals surface area contributed by atoms with Crippen molar-refractivity contribution in [1.29, 1.82) is 0 Å². The Bertz CT molecular complexity index is 510. The maximum absolute atomic E-state index is 11.7. The zero-order chi connectivity index (χ0) is 17.4. The van der Waals surface area contributed by atoms with E-state index in [0.29, 0.717) is 11.8 Å². The van der Waals surface area contributed by atoms with E-state index in [2.05, 4.69) is 67.9 Å². The van der Waals surface area contributed by atoms with Gasteiger partial charge >= 0.3 is 6.03 Å². The SMILES string of the molecule is CNC(=O)NC(=O)CN[C@H](c1ccc(CC(C)C)cc1)C(C)C. The minimum atomic E-state index is -0.490. The summed E-state index contributed by atoms with van der Waals surface area (Å²) in [6.45, 7) is 8.73. The summed E-state index contributed by atoms with van der Waals surface area (Å²) in [4.78, 5) is 22.8. The molecule has 0 bridgehead atoms. The zero-order valence-electron chi connectivity index (χ0n) is 14.8. The Morgan fingerprint density at radius 1 is 1.04 bits per heavy atom. The van der Waals surface area contributed by atoms with Crippen molar-refractivity contribution in [2.24, 2.45) is 11.8 Å². The number of amides is 3. The smallest absolute Gasteiger partial charge is 0.321 e. The standard InChI is InChI=1S/C18H29N3O2/c1-12(2)10-14-6-8-15(9-7-14)17(13(3)4)20-11-16(22)21-18(23)19-5/h6-9,12-13,17,20H,10-11H2,1-5H3,(H2,19,21,22,23)/t17-/m0/s1. The normalized spacial score (nSPS) is 12.3. The number of nitrogens with one attached hydrogen (secondary N) is 3. The third-order valence-corrected chi connectivity index (χ3v) is 3.61. The van der Waals surface area contributed by atoms with Gasteiger partial charge in [-0.1, -0.05) is 52.0 Å². The molecule has 1 rings (SSSR count). The van der Waals surface area contributed by atoms with Gasteiger partial charge in [0.2, 0.25) is 5.91 Å². The van der Waals surface area contributed by atoms with E-state index in [4.69, 9.17) is 0 Å². The maximum atomic E-state index is 11.7. The summed E-state index contributed by atoms with van der Waals surface area (Å²) in [7, 11) is 1.48. The van der Waals surface area contributed by atoms with Gasteiger partial charge in [0.05, 0.1) is 6.54 Å². The number of imide groups is 1. The Balaban J connectivity index is 2.67. The van der Waals surface area contributed by atoms with Gasteiger partial charge in [-0.2, -0.15) is 0 Å². The Labute approximate surface area is 139 Å². The summed E-state index contributed by atoms with van der Waals surface area (Å²) in [5.41, 5.74) is 2.48. The van der Waals surface area contributed by atoms with E-state index >= 15 is 0 Å². The van der Waals surface area contributed by atoms with E-state index in [1.807, 2.05) is 0 Å². The summed E-state index contributed by atoms with van der Waals surface area (Å²) in [6, 6.07) is 8.11. The second kappa shape index (κ2) is 9.30. The van der Waals surface area contributed by atoms with E-state index in [0.717, 1.165) is 12.0 Å². The number of carbonyl (C=O) groups excluding carboxylic acids is 2. The predicted octanol–water partition coefficient (Wildman–Crippen LogP) is 2.63. The minimum Gasteiger partial charge on any atom is -0.341 e. The van der Waals surface area contributed by atoms with E-state index in [1.54, 1.807) is 0 Å². The van der Waals surface area contributed by atoms with Crippen molar-refractivity contribution in [2.45, 2.75) is 40.2 Å². The van der Waals surface area contributed by atoms with Crippen LogP contribution in [0.5, 0.6) is 0 Å². The van der Waals surface area contributed by atoms with Crippen molar-refractivity contribution in [3.63, 3.8) is 0 Å². The van der Waals surface area contributed by atoms with Crippen LogP contribution in [0.15, 0.2) is 24.3 Å². The minimum absolute atomic E-state index is 0.0681. The number of hydrogen-bond donors (Lipinski definition) is 3. The number of benzene rings is 1. The first-order chi connectivity index (χ1) is 10.8. The average molecular weight is 319 g/mol. The van der Waals surface area contributed by atoms with Gasteiger partial charge in [-0.05, 0) is 29.4 Å². The number of hydrogen-bond acceptors (Lipinski definition) is 3. The van der Waals surface area contributed by atoms with Crippen LogP contribution in [0.3, 0.4) is 0 Å². The lowest BCUT2D eigenvalue weighted by atomic mass is 9.94. The maximum Gasteiger partial charge on any atom is 0.321 e. The second-order valence-electron chi connectivity index (χ2n) is 6.57. The highest BCUT2D eigenvalue weighted by atomic mass is 16.2. The molecule has 0 saturated heterocycles. The van der Waals surface area contributed by atoms with Crippen molar-refractivity contribution in [3.05, 3.63) is 35.4 Å². The first kappa shape index (κ1) is 19.2. The summed E-state index contributed by atoms with van der Waals surface area (Å²) in [5, 5.41) is 7.85. The number of rotatable bonds is 7. The molecule has 5 nitrogen and oxygen atoms in total. The molecule has 0 aromatic heterocycles. The Hall–Kier alpha value is -1.88. The molecule has 0 heterocycles. The topological polar surface area (TPSA) is 70.2 Å². The molecular formula is C18H29N3O2. The fourth-order valence-electron chi connectivity index (χ4n) is 2.51.